The summed E-state index contributed by atoms with van der Waals surface area (Å²) in [7, 11) is 0. The third-order valence-electron chi connectivity index (χ3n) is 3.95. The molecule has 0 aromatic carbocycles. The summed E-state index contributed by atoms with van der Waals surface area (Å²) in [5, 5.41) is 16.2. The number of fused-ring (bicyclic) bond motifs is 1. The van der Waals surface area contributed by atoms with Crippen molar-refractivity contribution in [3.05, 3.63) is 41.0 Å². The number of nitrogens with one attached hydrogen (secondary N) is 4. The molecule has 3 rings (SSSR count). The van der Waals surface area contributed by atoms with Crippen LogP contribution in [0.15, 0.2) is 30.9 Å². The van der Waals surface area contributed by atoms with E-state index >= 15 is 0 Å². The third-order valence-corrected chi connectivity index (χ3v) is 3.95. The van der Waals surface area contributed by atoms with Crippen molar-refractivity contribution in [2.75, 3.05) is 11.9 Å². The standard InChI is InChI=1S/C16H14F3N7O3/c1-8(15(27)22-6-16(17,18)19)24-14-12(26(28)29)3-2-11(25-14)9-5-21-13-10(9)4-20-7-23-13/h2-5,7-8H,6H2,1H3,(H,22,27)(H,24,25)(H,20,21,23)/p+1/t8-/m0/s1. The zero-order chi connectivity index (χ0) is 21.2. The Kier molecular flexibility index (Phi) is 5.30. The van der Waals surface area contributed by atoms with Crippen molar-refractivity contribution >= 4 is 28.4 Å². The summed E-state index contributed by atoms with van der Waals surface area (Å²) in [6.07, 6.45) is 0.181. The van der Waals surface area contributed by atoms with Crippen LogP contribution in [0.25, 0.3) is 22.3 Å². The Hall–Kier alpha value is -3.77. The number of hydrogen-bond acceptors (Lipinski definition) is 6. The van der Waals surface area contributed by atoms with E-state index in [1.54, 1.807) is 17.7 Å². The van der Waals surface area contributed by atoms with E-state index in [2.05, 4.69) is 25.3 Å². The van der Waals surface area contributed by atoms with Gasteiger partial charge in [0, 0.05) is 17.8 Å². The fourth-order valence-electron chi connectivity index (χ4n) is 2.58. The molecule has 0 radical (unpaired) electrons. The lowest BCUT2D eigenvalue weighted by Crippen LogP contribution is -2.42. The fraction of sp³-hybridized carbons (Fsp3) is 0.250. The number of H-pyrrole nitrogens is 2. The van der Waals surface area contributed by atoms with Gasteiger partial charge in [-0.15, -0.1) is 0 Å². The van der Waals surface area contributed by atoms with Crippen molar-refractivity contribution < 1.29 is 27.9 Å². The predicted octanol–water partition coefficient (Wildman–Crippen LogP) is 1.83. The van der Waals surface area contributed by atoms with Crippen molar-refractivity contribution in [1.82, 2.24) is 20.3 Å². The molecule has 0 spiro atoms. The highest BCUT2D eigenvalue weighted by molar-refractivity contribution is 5.92. The molecule has 0 saturated heterocycles. The Labute approximate surface area is 160 Å². The molecule has 0 aliphatic carbocycles. The van der Waals surface area contributed by atoms with Gasteiger partial charge < -0.3 is 15.6 Å². The lowest BCUT2D eigenvalue weighted by molar-refractivity contribution is -0.384. The summed E-state index contributed by atoms with van der Waals surface area (Å²) in [5.74, 6) is -1.22. The molecule has 1 atom stereocenters. The smallest absolute Gasteiger partial charge is 0.353 e. The molecule has 13 heteroatoms. The quantitative estimate of drug-likeness (QED) is 0.418. The summed E-state index contributed by atoms with van der Waals surface area (Å²) >= 11 is 0. The molecule has 152 valence electrons. The van der Waals surface area contributed by atoms with Crippen molar-refractivity contribution in [2.45, 2.75) is 19.1 Å². The number of aromatic amines is 2. The van der Waals surface area contributed by atoms with Crippen LogP contribution in [0.4, 0.5) is 24.7 Å². The van der Waals surface area contributed by atoms with Gasteiger partial charge >= 0.3 is 11.9 Å². The van der Waals surface area contributed by atoms with Crippen LogP contribution in [0.2, 0.25) is 0 Å². The van der Waals surface area contributed by atoms with Crippen LogP contribution in [-0.2, 0) is 4.79 Å². The first-order chi connectivity index (χ1) is 13.7. The minimum Gasteiger partial charge on any atom is -0.353 e. The third kappa shape index (κ3) is 4.56. The first kappa shape index (κ1) is 20.0. The van der Waals surface area contributed by atoms with Gasteiger partial charge in [-0.25, -0.2) is 9.97 Å². The predicted molar refractivity (Wildman–Crippen MR) is 94.7 cm³/mol. The number of nitro groups is 1. The highest BCUT2D eigenvalue weighted by atomic mass is 19.4. The largest absolute Gasteiger partial charge is 0.405 e. The molecule has 0 saturated carbocycles. The van der Waals surface area contributed by atoms with Gasteiger partial charge in [0.15, 0.2) is 0 Å². The maximum Gasteiger partial charge on any atom is 0.405 e. The number of carbonyl (C=O) groups excluding carboxylic acids is 1. The van der Waals surface area contributed by atoms with Gasteiger partial charge in [-0.1, -0.05) is 0 Å². The monoisotopic (exact) mass is 410 g/mol. The molecule has 0 aliphatic rings. The number of aromatic nitrogens is 4. The Morgan fingerprint density at radius 1 is 1.41 bits per heavy atom. The molecule has 1 amide bonds. The van der Waals surface area contributed by atoms with Crippen LogP contribution in [-0.4, -0.2) is 44.5 Å². The van der Waals surface area contributed by atoms with Crippen LogP contribution in [0.5, 0.6) is 0 Å². The van der Waals surface area contributed by atoms with E-state index in [1.165, 1.54) is 25.4 Å². The first-order valence-electron chi connectivity index (χ1n) is 8.25. The van der Waals surface area contributed by atoms with Crippen molar-refractivity contribution in [1.29, 1.82) is 0 Å². The van der Waals surface area contributed by atoms with Gasteiger partial charge in [0.2, 0.25) is 11.7 Å². The van der Waals surface area contributed by atoms with E-state index in [-0.39, 0.29) is 5.82 Å². The fourth-order valence-corrected chi connectivity index (χ4v) is 2.58. The first-order valence-corrected chi connectivity index (χ1v) is 8.25. The van der Waals surface area contributed by atoms with Gasteiger partial charge in [-0.05, 0) is 18.0 Å². The normalized spacial score (nSPS) is 12.6. The second-order valence-electron chi connectivity index (χ2n) is 6.05. The van der Waals surface area contributed by atoms with Gasteiger partial charge in [0.1, 0.15) is 18.8 Å². The number of carbonyl (C=O) groups is 1. The molecule has 4 N–H and O–H groups in total. The van der Waals surface area contributed by atoms with Gasteiger partial charge in [-0.3, -0.25) is 14.9 Å². The molecule has 29 heavy (non-hydrogen) atoms. The lowest BCUT2D eigenvalue weighted by Gasteiger charge is -2.16. The maximum atomic E-state index is 12.3. The molecule has 3 aromatic heterocycles. The Morgan fingerprint density at radius 3 is 2.86 bits per heavy atom. The van der Waals surface area contributed by atoms with Gasteiger partial charge in [0.05, 0.1) is 16.0 Å². The van der Waals surface area contributed by atoms with Crippen LogP contribution in [0, 0.1) is 10.1 Å². The SMILES string of the molecule is C[C@H](Nc1nc(-c2c[nH]c3nc[nH+]cc23)ccc1[N+](=O)[O-])C(=O)NCC(F)(F)F. The molecular formula is C16H15F3N7O3+. The molecule has 0 unspecified atom stereocenters. The number of anilines is 1. The molecule has 3 aromatic rings. The Morgan fingerprint density at radius 2 is 2.17 bits per heavy atom. The number of amides is 1. The molecule has 10 nitrogen and oxygen atoms in total. The van der Waals surface area contributed by atoms with Gasteiger partial charge in [-0.2, -0.15) is 13.2 Å². The Bertz CT molecular complexity index is 1070. The molecule has 0 aliphatic heterocycles. The van der Waals surface area contributed by atoms with E-state index in [0.717, 1.165) is 0 Å². The minimum atomic E-state index is -4.57. The number of alkyl halides is 3. The highest BCUT2D eigenvalue weighted by Gasteiger charge is 2.29. The number of rotatable bonds is 6. The summed E-state index contributed by atoms with van der Waals surface area (Å²) < 4.78 is 36.8. The maximum absolute atomic E-state index is 12.3. The summed E-state index contributed by atoms with van der Waals surface area (Å²) in [6, 6.07) is 1.42. The van der Waals surface area contributed by atoms with E-state index < -0.39 is 35.3 Å². The van der Waals surface area contributed by atoms with E-state index in [0.29, 0.717) is 22.3 Å². The molecule has 0 fully saturated rings. The second kappa shape index (κ2) is 7.69. The Balaban J connectivity index is 1.90. The van der Waals surface area contributed by atoms with E-state index in [4.69, 9.17) is 0 Å². The summed E-state index contributed by atoms with van der Waals surface area (Å²) in [5.41, 5.74) is 1.08. The van der Waals surface area contributed by atoms with E-state index in [1.807, 2.05) is 0 Å². The van der Waals surface area contributed by atoms with E-state index in [9.17, 15) is 28.1 Å². The summed E-state index contributed by atoms with van der Waals surface area (Å²) in [4.78, 5) is 36.5. The van der Waals surface area contributed by atoms with Gasteiger partial charge in [0.25, 0.3) is 12.0 Å². The molecule has 0 bridgehead atoms. The average molecular weight is 410 g/mol. The van der Waals surface area contributed by atoms with Crippen molar-refractivity contribution in [2.24, 2.45) is 0 Å². The van der Waals surface area contributed by atoms with Crippen LogP contribution in [0.3, 0.4) is 0 Å². The van der Waals surface area contributed by atoms with Crippen molar-refractivity contribution in [3.63, 3.8) is 0 Å². The van der Waals surface area contributed by atoms with Crippen LogP contribution >= 0.6 is 0 Å². The number of hydrogen-bond donors (Lipinski definition) is 3. The minimum absolute atomic E-state index is 0.246. The highest BCUT2D eigenvalue weighted by Crippen LogP contribution is 2.30. The second-order valence-corrected chi connectivity index (χ2v) is 6.05. The number of pyridine rings is 1. The number of halogens is 3. The molecular weight excluding hydrogens is 395 g/mol. The zero-order valence-corrected chi connectivity index (χ0v) is 14.9. The lowest BCUT2D eigenvalue weighted by atomic mass is 10.1. The summed E-state index contributed by atoms with van der Waals surface area (Å²) in [6.45, 7) is -0.236. The van der Waals surface area contributed by atoms with Crippen LogP contribution < -0.4 is 15.6 Å². The topological polar surface area (TPSA) is 140 Å². The van der Waals surface area contributed by atoms with Crippen molar-refractivity contribution in [3.8, 4) is 11.3 Å². The molecule has 3 heterocycles. The number of nitrogens with zero attached hydrogens (tertiary/aromatic N) is 3. The van der Waals surface area contributed by atoms with Crippen LogP contribution in [0.1, 0.15) is 6.92 Å². The average Bonchev–Trinajstić information content (AvgIpc) is 3.09. The zero-order valence-electron chi connectivity index (χ0n) is 14.9.